The number of hydrogen-bond acceptors (Lipinski definition) is 4. The normalized spacial score (nSPS) is 21.5. The molecule has 27 heavy (non-hydrogen) atoms. The second kappa shape index (κ2) is 8.41. The molecule has 0 radical (unpaired) electrons. The summed E-state index contributed by atoms with van der Waals surface area (Å²) < 4.78 is 5.31. The molecule has 1 saturated heterocycles. The number of rotatable bonds is 6. The molecule has 3 aliphatic rings. The van der Waals surface area contributed by atoms with Gasteiger partial charge in [-0.1, -0.05) is 19.9 Å². The van der Waals surface area contributed by atoms with Gasteiger partial charge in [-0.2, -0.15) is 0 Å². The lowest BCUT2D eigenvalue weighted by atomic mass is 9.99. The third-order valence-electron chi connectivity index (χ3n) is 6.43. The summed E-state index contributed by atoms with van der Waals surface area (Å²) in [4.78, 5) is 15.1. The van der Waals surface area contributed by atoms with Crippen LogP contribution < -0.4 is 10.0 Å². The summed E-state index contributed by atoms with van der Waals surface area (Å²) in [7, 11) is 0. The van der Waals surface area contributed by atoms with E-state index in [1.807, 2.05) is 0 Å². The Hall–Kier alpha value is -1.24. The number of likely N-dealkylation sites (N-methyl/N-ethyl adjacent to an activating group) is 1. The zero-order chi connectivity index (χ0) is 18.8. The highest BCUT2D eigenvalue weighted by atomic mass is 32.2. The number of nitrogens with zero attached hydrogens (tertiary/aromatic N) is 2. The Balaban J connectivity index is 1.35. The first-order valence-electron chi connectivity index (χ1n) is 10.6. The van der Waals surface area contributed by atoms with E-state index in [1.165, 1.54) is 53.7 Å². The Bertz CT molecular complexity index is 672. The molecule has 1 aromatic carbocycles. The number of fused-ring (bicyclic) bond motifs is 2. The number of benzene rings is 1. The predicted octanol–water partition coefficient (Wildman–Crippen LogP) is 3.76. The number of amides is 2. The van der Waals surface area contributed by atoms with Crippen LogP contribution in [0.2, 0.25) is 0 Å². The average molecular weight is 389 g/mol. The largest absolute Gasteiger partial charge is 0.330 e. The molecule has 2 aliphatic carbocycles. The molecule has 5 nitrogen and oxygen atoms in total. The van der Waals surface area contributed by atoms with Gasteiger partial charge in [-0.15, -0.1) is 0 Å². The molecule has 2 amide bonds. The summed E-state index contributed by atoms with van der Waals surface area (Å²) in [5, 5.41) is 3.21. The maximum absolute atomic E-state index is 12.6. The van der Waals surface area contributed by atoms with Gasteiger partial charge in [0.15, 0.2) is 0 Å². The quantitative estimate of drug-likeness (QED) is 0.729. The topological polar surface area (TPSA) is 47.6 Å². The molecule has 0 aromatic heterocycles. The van der Waals surface area contributed by atoms with Crippen LogP contribution in [0, 0.1) is 0 Å². The Labute approximate surface area is 167 Å². The smallest absolute Gasteiger partial charge is 0.307 e. The highest BCUT2D eigenvalue weighted by Crippen LogP contribution is 2.38. The van der Waals surface area contributed by atoms with Crippen LogP contribution in [0.15, 0.2) is 6.07 Å². The second-order valence-corrected chi connectivity index (χ2v) is 8.84. The molecular weight excluding hydrogens is 356 g/mol. The van der Waals surface area contributed by atoms with Crippen molar-refractivity contribution in [1.82, 2.24) is 13.9 Å². The van der Waals surface area contributed by atoms with Crippen molar-refractivity contribution in [3.05, 3.63) is 28.3 Å². The monoisotopic (exact) mass is 388 g/mol. The van der Waals surface area contributed by atoms with Crippen molar-refractivity contribution in [2.75, 3.05) is 31.5 Å². The molecule has 2 N–H and O–H groups in total. The first kappa shape index (κ1) is 19.1. The molecule has 0 saturated carbocycles. The molecule has 1 fully saturated rings. The van der Waals surface area contributed by atoms with Crippen molar-refractivity contribution in [3.8, 4) is 0 Å². The first-order chi connectivity index (χ1) is 13.2. The van der Waals surface area contributed by atoms with Gasteiger partial charge in [-0.3, -0.25) is 9.62 Å². The minimum Gasteiger partial charge on any atom is -0.307 e. The van der Waals surface area contributed by atoms with Crippen molar-refractivity contribution in [3.63, 3.8) is 0 Å². The van der Waals surface area contributed by atoms with Gasteiger partial charge in [0.25, 0.3) is 0 Å². The van der Waals surface area contributed by atoms with Crippen LogP contribution in [0.25, 0.3) is 0 Å². The average Bonchev–Trinajstić information content (AvgIpc) is 3.41. The first-order valence-corrected chi connectivity index (χ1v) is 11.4. The lowest BCUT2D eigenvalue weighted by Gasteiger charge is -2.25. The number of nitrogens with one attached hydrogen (secondary N) is 2. The van der Waals surface area contributed by atoms with Gasteiger partial charge in [0, 0.05) is 37.0 Å². The van der Waals surface area contributed by atoms with Gasteiger partial charge < -0.3 is 5.32 Å². The maximum Gasteiger partial charge on any atom is 0.330 e. The number of carbonyl (C=O) groups is 1. The van der Waals surface area contributed by atoms with Crippen molar-refractivity contribution < 1.29 is 4.79 Å². The highest BCUT2D eigenvalue weighted by molar-refractivity contribution is 7.95. The lowest BCUT2D eigenvalue weighted by molar-refractivity contribution is 0.226. The summed E-state index contributed by atoms with van der Waals surface area (Å²) >= 11 is 1.46. The molecule has 0 spiro atoms. The van der Waals surface area contributed by atoms with E-state index in [0.29, 0.717) is 6.04 Å². The fraction of sp³-hybridized carbons (Fsp3) is 0.667. The van der Waals surface area contributed by atoms with Gasteiger partial charge in [0.2, 0.25) is 0 Å². The van der Waals surface area contributed by atoms with Crippen LogP contribution >= 0.6 is 12.1 Å². The van der Waals surface area contributed by atoms with E-state index in [4.69, 9.17) is 0 Å². The summed E-state index contributed by atoms with van der Waals surface area (Å²) in [6.07, 6.45) is 8.12. The number of hydrogen-bond donors (Lipinski definition) is 2. The van der Waals surface area contributed by atoms with Crippen LogP contribution in [0.5, 0.6) is 0 Å². The number of carbonyl (C=O) groups excluding carboxylic acids is 1. The summed E-state index contributed by atoms with van der Waals surface area (Å²) in [6.45, 7) is 8.68. The van der Waals surface area contributed by atoms with Crippen LogP contribution in [-0.2, 0) is 25.7 Å². The molecular formula is C21H32N4OS. The Morgan fingerprint density at radius 2 is 1.81 bits per heavy atom. The molecule has 1 aliphatic heterocycles. The van der Waals surface area contributed by atoms with E-state index in [-0.39, 0.29) is 6.03 Å². The molecule has 1 atom stereocenters. The molecule has 6 heteroatoms. The minimum atomic E-state index is -0.0827. The Morgan fingerprint density at radius 3 is 2.44 bits per heavy atom. The third-order valence-corrected chi connectivity index (χ3v) is 7.30. The van der Waals surface area contributed by atoms with E-state index in [9.17, 15) is 4.79 Å². The van der Waals surface area contributed by atoms with Gasteiger partial charge in [0.05, 0.1) is 0 Å². The zero-order valence-electron chi connectivity index (χ0n) is 16.6. The van der Waals surface area contributed by atoms with Gasteiger partial charge in [-0.05, 0) is 80.3 Å². The molecule has 1 aromatic rings. The minimum absolute atomic E-state index is 0.0827. The summed E-state index contributed by atoms with van der Waals surface area (Å²) in [6, 6.07) is 2.93. The van der Waals surface area contributed by atoms with Crippen molar-refractivity contribution in [2.24, 2.45) is 0 Å². The molecule has 1 heterocycles. The van der Waals surface area contributed by atoms with Crippen molar-refractivity contribution in [1.29, 1.82) is 0 Å². The maximum atomic E-state index is 12.6. The standard InChI is InChI=1S/C21H32N4OS/c1-3-24(4-2)17-11-12-25(14-17)27-23-21(26)22-20-18-9-5-7-15(18)13-16-8-6-10-19(16)20/h13,17H,3-12,14H2,1-2H3,(H2,22,23,26). The van der Waals surface area contributed by atoms with E-state index in [2.05, 4.69) is 39.2 Å². The summed E-state index contributed by atoms with van der Waals surface area (Å²) in [5.41, 5.74) is 6.82. The van der Waals surface area contributed by atoms with E-state index >= 15 is 0 Å². The molecule has 0 bridgehead atoms. The van der Waals surface area contributed by atoms with Gasteiger partial charge in [-0.25, -0.2) is 9.10 Å². The number of urea groups is 1. The molecule has 148 valence electrons. The zero-order valence-corrected chi connectivity index (χ0v) is 17.5. The third kappa shape index (κ3) is 3.98. The van der Waals surface area contributed by atoms with E-state index in [1.54, 1.807) is 0 Å². The fourth-order valence-electron chi connectivity index (χ4n) is 5.04. The van der Waals surface area contributed by atoms with Crippen molar-refractivity contribution in [2.45, 2.75) is 64.8 Å². The highest BCUT2D eigenvalue weighted by Gasteiger charge is 2.28. The van der Waals surface area contributed by atoms with E-state index in [0.717, 1.165) is 57.5 Å². The fourth-order valence-corrected chi connectivity index (χ4v) is 5.75. The van der Waals surface area contributed by atoms with Crippen LogP contribution in [0.4, 0.5) is 10.5 Å². The predicted molar refractivity (Wildman–Crippen MR) is 113 cm³/mol. The van der Waals surface area contributed by atoms with Gasteiger partial charge >= 0.3 is 6.03 Å². The van der Waals surface area contributed by atoms with Crippen LogP contribution in [0.1, 0.15) is 55.4 Å². The van der Waals surface area contributed by atoms with Crippen molar-refractivity contribution >= 4 is 23.9 Å². The Kier molecular flexibility index (Phi) is 5.95. The SMILES string of the molecule is CCN(CC)C1CCN(SNC(=O)Nc2c3c(cc4c2CCC4)CCC3)C1. The van der Waals surface area contributed by atoms with Gasteiger partial charge in [0.1, 0.15) is 0 Å². The van der Waals surface area contributed by atoms with Crippen LogP contribution in [0.3, 0.4) is 0 Å². The lowest BCUT2D eigenvalue weighted by Crippen LogP contribution is -2.37. The molecule has 1 unspecified atom stereocenters. The number of aryl methyl sites for hydroxylation is 2. The van der Waals surface area contributed by atoms with E-state index < -0.39 is 0 Å². The van der Waals surface area contributed by atoms with Crippen LogP contribution in [-0.4, -0.2) is 47.5 Å². The number of anilines is 1. The Morgan fingerprint density at radius 1 is 1.15 bits per heavy atom. The molecule has 4 rings (SSSR count). The summed E-state index contributed by atoms with van der Waals surface area (Å²) in [5.74, 6) is 0. The second-order valence-electron chi connectivity index (χ2n) is 7.93.